The lowest BCUT2D eigenvalue weighted by atomic mass is 9.45. The molecule has 4 aliphatic carbocycles. The maximum atomic E-state index is 8.14. The largest absolute Gasteiger partial charge is 0.396 e. The van der Waals surface area contributed by atoms with Gasteiger partial charge in [0.2, 0.25) is 0 Å². The summed E-state index contributed by atoms with van der Waals surface area (Å²) in [6.45, 7) is 17.1. The third kappa shape index (κ3) is 9.89. The minimum atomic E-state index is 0. The first-order valence-electron chi connectivity index (χ1n) is 15.1. The predicted octanol–water partition coefficient (Wildman–Crippen LogP) is 9.80. The smallest absolute Gasteiger partial charge is 0.0453 e. The van der Waals surface area contributed by atoms with E-state index in [1.54, 1.807) is 51.4 Å². The molecule has 0 aromatic heterocycles. The molecule has 0 saturated heterocycles. The summed E-state index contributed by atoms with van der Waals surface area (Å²) in [6.07, 6.45) is 20.0. The zero-order valence-electron chi connectivity index (χ0n) is 24.5. The molecule has 0 radical (unpaired) electrons. The average molecular weight is 528 g/mol. The van der Waals surface area contributed by atoms with Crippen LogP contribution in [0.5, 0.6) is 0 Å². The summed E-state index contributed by atoms with van der Waals surface area (Å²) in [5, 5.41) is 8.14. The van der Waals surface area contributed by atoms with Crippen LogP contribution in [-0.4, -0.2) is 18.3 Å². The van der Waals surface area contributed by atoms with Gasteiger partial charge in [-0.05, 0) is 117 Å². The standard InChI is InChI=1S/C23H40.C4H11N.C4H10O.2CH4.O2/c1-4-5-8-17-11-13-20-19-12-10-18-9-6-7-15-22(18,2)21(19)14-16-23(17,20)3;2*1-4(2)3-5;;;1-2/h17-21H,4-16H2,1-3H3;4H,3,5H2,1-2H3;4-5H,3H2,1-2H3;2*1H4;. The van der Waals surface area contributed by atoms with E-state index in [0.717, 1.165) is 41.5 Å². The zero-order chi connectivity index (χ0) is 26.6. The second-order valence-electron chi connectivity index (χ2n) is 13.6. The van der Waals surface area contributed by atoms with E-state index in [1.165, 1.54) is 32.1 Å². The number of nitrogens with two attached hydrogens (primary N) is 1. The van der Waals surface area contributed by atoms with Crippen molar-refractivity contribution in [1.29, 1.82) is 0 Å². The molecule has 7 unspecified atom stereocenters. The maximum absolute atomic E-state index is 8.14. The molecular weight excluding hydrogens is 458 g/mol. The first-order valence-corrected chi connectivity index (χ1v) is 15.1. The fraction of sp³-hybridized carbons (Fsp3) is 1.00. The first-order chi connectivity index (χ1) is 16.6. The summed E-state index contributed by atoms with van der Waals surface area (Å²) in [7, 11) is 0. The van der Waals surface area contributed by atoms with Crippen LogP contribution >= 0.6 is 0 Å². The lowest BCUT2D eigenvalue weighted by Crippen LogP contribution is -2.52. The van der Waals surface area contributed by atoms with Crippen LogP contribution in [0.25, 0.3) is 0 Å². The van der Waals surface area contributed by atoms with Gasteiger partial charge in [-0.3, -0.25) is 0 Å². The van der Waals surface area contributed by atoms with Crippen LogP contribution in [0.15, 0.2) is 0 Å². The molecule has 0 aromatic carbocycles. The second-order valence-corrected chi connectivity index (χ2v) is 13.6. The summed E-state index contributed by atoms with van der Waals surface area (Å²) in [5.41, 5.74) is 6.61. The molecule has 3 N–H and O–H groups in total. The van der Waals surface area contributed by atoms with Crippen LogP contribution in [0.3, 0.4) is 0 Å². The maximum Gasteiger partial charge on any atom is 0.0453 e. The van der Waals surface area contributed by atoms with Crippen molar-refractivity contribution in [3.05, 3.63) is 9.93 Å². The molecule has 4 nitrogen and oxygen atoms in total. The van der Waals surface area contributed by atoms with E-state index in [2.05, 4.69) is 34.6 Å². The monoisotopic (exact) mass is 528 g/mol. The SMILES string of the molecule is C.C.CC(C)CN.CC(C)CO.CCCCC1CCC2C3CCC4CCCCC4(C)C3CCC12C.O=O. The molecule has 7 atom stereocenters. The van der Waals surface area contributed by atoms with Crippen LogP contribution < -0.4 is 5.73 Å². The molecule has 4 fully saturated rings. The number of aliphatic hydroxyl groups is 1. The van der Waals surface area contributed by atoms with E-state index in [-0.39, 0.29) is 14.9 Å². The molecular formula is C33H69NO3. The van der Waals surface area contributed by atoms with E-state index in [4.69, 9.17) is 20.8 Å². The van der Waals surface area contributed by atoms with Gasteiger partial charge in [0.15, 0.2) is 0 Å². The van der Waals surface area contributed by atoms with Crippen molar-refractivity contribution in [3.8, 4) is 0 Å². The quantitative estimate of drug-likeness (QED) is 0.373. The van der Waals surface area contributed by atoms with Crippen LogP contribution in [0.1, 0.15) is 147 Å². The molecule has 0 bridgehead atoms. The molecule has 0 aliphatic heterocycles. The second kappa shape index (κ2) is 18.7. The molecule has 4 saturated carbocycles. The summed E-state index contributed by atoms with van der Waals surface area (Å²) >= 11 is 0. The Hall–Kier alpha value is -0.480. The van der Waals surface area contributed by atoms with Crippen molar-refractivity contribution in [2.45, 2.75) is 147 Å². The minimum absolute atomic E-state index is 0. The molecule has 0 amide bonds. The predicted molar refractivity (Wildman–Crippen MR) is 165 cm³/mol. The highest BCUT2D eigenvalue weighted by molar-refractivity contribution is 5.08. The lowest BCUT2D eigenvalue weighted by molar-refractivity contribution is -0.111. The molecule has 224 valence electrons. The Balaban J connectivity index is 0. The topological polar surface area (TPSA) is 80.4 Å². The van der Waals surface area contributed by atoms with Gasteiger partial charge < -0.3 is 10.8 Å². The van der Waals surface area contributed by atoms with Crippen LogP contribution in [0.4, 0.5) is 0 Å². The zero-order valence-corrected chi connectivity index (χ0v) is 24.5. The van der Waals surface area contributed by atoms with Gasteiger partial charge in [0.1, 0.15) is 0 Å². The minimum Gasteiger partial charge on any atom is -0.396 e. The summed E-state index contributed by atoms with van der Waals surface area (Å²) in [6, 6.07) is 0. The van der Waals surface area contributed by atoms with Crippen molar-refractivity contribution in [2.75, 3.05) is 13.2 Å². The third-order valence-electron chi connectivity index (χ3n) is 10.5. The molecule has 0 aromatic rings. The Morgan fingerprint density at radius 2 is 1.38 bits per heavy atom. The number of unbranched alkanes of at least 4 members (excludes halogenated alkanes) is 1. The Bertz CT molecular complexity index is 560. The number of aliphatic hydroxyl groups excluding tert-OH is 1. The lowest BCUT2D eigenvalue weighted by Gasteiger charge is -2.60. The Morgan fingerprint density at radius 3 is 1.89 bits per heavy atom. The van der Waals surface area contributed by atoms with Gasteiger partial charge in [-0.15, -0.1) is 0 Å². The van der Waals surface area contributed by atoms with E-state index in [9.17, 15) is 0 Å². The van der Waals surface area contributed by atoms with Gasteiger partial charge in [0, 0.05) is 16.5 Å². The highest BCUT2D eigenvalue weighted by atomic mass is 16.7. The van der Waals surface area contributed by atoms with E-state index in [0.29, 0.717) is 23.9 Å². The fourth-order valence-corrected chi connectivity index (χ4v) is 8.33. The molecule has 4 aliphatic rings. The van der Waals surface area contributed by atoms with Crippen LogP contribution in [-0.2, 0) is 0 Å². The van der Waals surface area contributed by atoms with Gasteiger partial charge in [-0.2, -0.15) is 0 Å². The van der Waals surface area contributed by atoms with Gasteiger partial charge in [0.25, 0.3) is 0 Å². The number of hydrogen-bond acceptors (Lipinski definition) is 4. The normalized spacial score (nSPS) is 35.4. The van der Waals surface area contributed by atoms with Gasteiger partial charge in [-0.1, -0.05) is 89.0 Å². The summed E-state index contributed by atoms with van der Waals surface area (Å²) in [4.78, 5) is 14.0. The third-order valence-corrected chi connectivity index (χ3v) is 10.5. The Labute approximate surface area is 232 Å². The fourth-order valence-electron chi connectivity index (χ4n) is 8.33. The molecule has 4 rings (SSSR count). The van der Waals surface area contributed by atoms with E-state index in [1.807, 2.05) is 13.8 Å². The van der Waals surface area contributed by atoms with Crippen molar-refractivity contribution in [1.82, 2.24) is 0 Å². The van der Waals surface area contributed by atoms with Crippen molar-refractivity contribution >= 4 is 0 Å². The van der Waals surface area contributed by atoms with Crippen molar-refractivity contribution < 1.29 is 5.11 Å². The average Bonchev–Trinajstić information content (AvgIpc) is 3.20. The molecule has 0 spiro atoms. The first kappa shape index (κ1) is 38.7. The number of fused-ring (bicyclic) bond motifs is 5. The van der Waals surface area contributed by atoms with Gasteiger partial charge in [-0.25, -0.2) is 0 Å². The number of rotatable bonds is 5. The molecule has 0 heterocycles. The Morgan fingerprint density at radius 1 is 0.811 bits per heavy atom. The van der Waals surface area contributed by atoms with Crippen molar-refractivity contribution in [2.24, 2.45) is 58.0 Å². The highest BCUT2D eigenvalue weighted by Crippen LogP contribution is 2.67. The van der Waals surface area contributed by atoms with E-state index < -0.39 is 0 Å². The highest BCUT2D eigenvalue weighted by Gasteiger charge is 2.59. The van der Waals surface area contributed by atoms with E-state index >= 15 is 0 Å². The molecule has 4 heteroatoms. The van der Waals surface area contributed by atoms with Crippen LogP contribution in [0, 0.1) is 62.2 Å². The van der Waals surface area contributed by atoms with Gasteiger partial charge >= 0.3 is 0 Å². The van der Waals surface area contributed by atoms with Crippen molar-refractivity contribution in [3.63, 3.8) is 0 Å². The molecule has 37 heavy (non-hydrogen) atoms. The van der Waals surface area contributed by atoms with Crippen LogP contribution in [0.2, 0.25) is 0 Å². The summed E-state index contributed by atoms with van der Waals surface area (Å²) < 4.78 is 0. The van der Waals surface area contributed by atoms with Gasteiger partial charge in [0.05, 0.1) is 0 Å². The summed E-state index contributed by atoms with van der Waals surface area (Å²) in [5.74, 6) is 6.52. The number of hydrogen-bond donors (Lipinski definition) is 2. The Kier molecular flexibility index (Phi) is 19.6.